The van der Waals surface area contributed by atoms with Crippen molar-refractivity contribution in [3.63, 3.8) is 0 Å². The van der Waals surface area contributed by atoms with Gasteiger partial charge in [0.2, 0.25) is 0 Å². The molecule has 0 aromatic carbocycles. The Kier molecular flexibility index (Phi) is 2.47. The molecule has 0 amide bonds. The molecule has 3 heterocycles. The third kappa shape index (κ3) is 1.92. The van der Waals surface area contributed by atoms with Crippen LogP contribution in [-0.2, 0) is 6.54 Å². The van der Waals surface area contributed by atoms with Gasteiger partial charge in [-0.2, -0.15) is 0 Å². The van der Waals surface area contributed by atoms with E-state index in [2.05, 4.69) is 20.3 Å². The van der Waals surface area contributed by atoms with Crippen LogP contribution in [0, 0.1) is 13.8 Å². The van der Waals surface area contributed by atoms with Crippen LogP contribution in [0.3, 0.4) is 0 Å². The Morgan fingerprint density at radius 1 is 1.22 bits per heavy atom. The molecule has 92 valence electrons. The van der Waals surface area contributed by atoms with Crippen LogP contribution in [0.15, 0.2) is 29.3 Å². The summed E-state index contributed by atoms with van der Waals surface area (Å²) in [6.07, 6.45) is 7.07. The Balaban J connectivity index is 1.95. The van der Waals surface area contributed by atoms with Crippen molar-refractivity contribution in [1.82, 2.24) is 19.4 Å². The minimum Gasteiger partial charge on any atom is -0.432 e. The smallest absolute Gasteiger partial charge is 0.294 e. The van der Waals surface area contributed by atoms with E-state index in [0.29, 0.717) is 12.6 Å². The number of aromatic nitrogens is 4. The second-order valence-electron chi connectivity index (χ2n) is 4.13. The van der Waals surface area contributed by atoms with E-state index in [1.165, 1.54) is 6.26 Å². The highest BCUT2D eigenvalue weighted by atomic mass is 16.4. The highest BCUT2D eigenvalue weighted by Gasteiger charge is 2.08. The lowest BCUT2D eigenvalue weighted by Gasteiger charge is -2.05. The predicted molar refractivity (Wildman–Crippen MR) is 66.3 cm³/mol. The molecule has 0 fully saturated rings. The fourth-order valence-electron chi connectivity index (χ4n) is 1.91. The molecule has 1 N–H and O–H groups in total. The van der Waals surface area contributed by atoms with Crippen LogP contribution < -0.4 is 5.32 Å². The number of imidazole rings is 1. The van der Waals surface area contributed by atoms with Gasteiger partial charge in [-0.25, -0.2) is 9.97 Å². The van der Waals surface area contributed by atoms with Gasteiger partial charge in [-0.1, -0.05) is 0 Å². The molecular formula is C12H13N5O. The van der Waals surface area contributed by atoms with E-state index in [4.69, 9.17) is 4.42 Å². The van der Waals surface area contributed by atoms with Crippen LogP contribution in [-0.4, -0.2) is 19.4 Å². The van der Waals surface area contributed by atoms with Crippen molar-refractivity contribution in [2.24, 2.45) is 0 Å². The van der Waals surface area contributed by atoms with Gasteiger partial charge in [-0.15, -0.1) is 0 Å². The van der Waals surface area contributed by atoms with Crippen LogP contribution >= 0.6 is 0 Å². The van der Waals surface area contributed by atoms with Crippen molar-refractivity contribution in [3.8, 4) is 0 Å². The summed E-state index contributed by atoms with van der Waals surface area (Å²) in [5.41, 5.74) is 3.65. The quantitative estimate of drug-likeness (QED) is 0.761. The lowest BCUT2D eigenvalue weighted by molar-refractivity contribution is 0.570. The van der Waals surface area contributed by atoms with Crippen LogP contribution in [0.25, 0.3) is 5.65 Å². The molecule has 0 spiro atoms. The van der Waals surface area contributed by atoms with Crippen LogP contribution in [0.2, 0.25) is 0 Å². The third-order valence-corrected chi connectivity index (χ3v) is 2.59. The molecule has 0 aliphatic heterocycles. The second-order valence-corrected chi connectivity index (χ2v) is 4.13. The van der Waals surface area contributed by atoms with Gasteiger partial charge in [0, 0.05) is 12.4 Å². The van der Waals surface area contributed by atoms with Crippen LogP contribution in [0.4, 0.5) is 6.01 Å². The van der Waals surface area contributed by atoms with Crippen molar-refractivity contribution < 1.29 is 4.42 Å². The van der Waals surface area contributed by atoms with Crippen molar-refractivity contribution in [3.05, 3.63) is 41.9 Å². The zero-order valence-electron chi connectivity index (χ0n) is 10.2. The first-order valence-corrected chi connectivity index (χ1v) is 5.67. The van der Waals surface area contributed by atoms with Crippen LogP contribution in [0.1, 0.15) is 17.1 Å². The molecule has 0 saturated carbocycles. The zero-order chi connectivity index (χ0) is 12.5. The van der Waals surface area contributed by atoms with Gasteiger partial charge >= 0.3 is 0 Å². The number of hydrogen-bond acceptors (Lipinski definition) is 5. The number of nitrogens with one attached hydrogen (secondary N) is 1. The molecule has 6 nitrogen and oxygen atoms in total. The number of aryl methyl sites for hydroxylation is 2. The number of nitrogens with zero attached hydrogens (tertiary/aromatic N) is 4. The van der Waals surface area contributed by atoms with Gasteiger partial charge in [0.1, 0.15) is 12.0 Å². The molecule has 0 radical (unpaired) electrons. The SMILES string of the molecule is Cc1cn2cc(C)nc2c(CNc2ncco2)n1. The molecule has 6 heteroatoms. The van der Waals surface area contributed by atoms with E-state index in [-0.39, 0.29) is 0 Å². The summed E-state index contributed by atoms with van der Waals surface area (Å²) < 4.78 is 7.12. The maximum Gasteiger partial charge on any atom is 0.294 e. The van der Waals surface area contributed by atoms with E-state index in [9.17, 15) is 0 Å². The Hall–Kier alpha value is -2.37. The fraction of sp³-hybridized carbons (Fsp3) is 0.250. The van der Waals surface area contributed by atoms with Gasteiger partial charge in [0.05, 0.1) is 24.1 Å². The summed E-state index contributed by atoms with van der Waals surface area (Å²) in [5.74, 6) is 0. The normalized spacial score (nSPS) is 11.0. The standard InChI is InChI=1S/C12H13N5O/c1-8-6-17-7-9(2)16-11(17)10(15-8)5-14-12-13-3-4-18-12/h3-4,6-7H,5H2,1-2H3,(H,13,14). The molecule has 0 atom stereocenters. The molecule has 3 aromatic heterocycles. The molecule has 3 rings (SSSR count). The second kappa shape index (κ2) is 4.14. The highest BCUT2D eigenvalue weighted by Crippen LogP contribution is 2.12. The molecule has 18 heavy (non-hydrogen) atoms. The average Bonchev–Trinajstić information content (AvgIpc) is 2.93. The highest BCUT2D eigenvalue weighted by molar-refractivity contribution is 5.47. The zero-order valence-corrected chi connectivity index (χ0v) is 10.2. The fourth-order valence-corrected chi connectivity index (χ4v) is 1.91. The van der Waals surface area contributed by atoms with Crippen molar-refractivity contribution in [2.75, 3.05) is 5.32 Å². The van der Waals surface area contributed by atoms with Gasteiger partial charge in [-0.05, 0) is 13.8 Å². The van der Waals surface area contributed by atoms with Crippen molar-refractivity contribution >= 4 is 11.7 Å². The van der Waals surface area contributed by atoms with Gasteiger partial charge in [-0.3, -0.25) is 4.98 Å². The minimum atomic E-state index is 0.486. The van der Waals surface area contributed by atoms with E-state index in [1.54, 1.807) is 6.20 Å². The molecule has 0 aliphatic carbocycles. The summed E-state index contributed by atoms with van der Waals surface area (Å²) in [7, 11) is 0. The molecule has 0 unspecified atom stereocenters. The van der Waals surface area contributed by atoms with Gasteiger partial charge < -0.3 is 14.1 Å². The summed E-state index contributed by atoms with van der Waals surface area (Å²) in [6.45, 7) is 4.46. The Labute approximate surface area is 104 Å². The number of oxazole rings is 1. The molecule has 0 saturated heterocycles. The molecule has 0 aliphatic rings. The van der Waals surface area contributed by atoms with Crippen LogP contribution in [0.5, 0.6) is 0 Å². The summed E-state index contributed by atoms with van der Waals surface area (Å²) in [5, 5.41) is 3.08. The monoisotopic (exact) mass is 243 g/mol. The maximum absolute atomic E-state index is 5.13. The Bertz CT molecular complexity index is 671. The maximum atomic E-state index is 5.13. The summed E-state index contributed by atoms with van der Waals surface area (Å²) in [4.78, 5) is 13.0. The van der Waals surface area contributed by atoms with Gasteiger partial charge in [0.25, 0.3) is 6.01 Å². The number of rotatable bonds is 3. The van der Waals surface area contributed by atoms with Gasteiger partial charge in [0.15, 0.2) is 5.65 Å². The largest absolute Gasteiger partial charge is 0.432 e. The third-order valence-electron chi connectivity index (χ3n) is 2.59. The molecule has 3 aromatic rings. The first kappa shape index (κ1) is 10.8. The predicted octanol–water partition coefficient (Wildman–Crippen LogP) is 1.95. The van der Waals surface area contributed by atoms with E-state index >= 15 is 0 Å². The first-order valence-electron chi connectivity index (χ1n) is 5.67. The number of anilines is 1. The van der Waals surface area contributed by atoms with Crippen molar-refractivity contribution in [1.29, 1.82) is 0 Å². The topological polar surface area (TPSA) is 68.2 Å². The number of hydrogen-bond donors (Lipinski definition) is 1. The Morgan fingerprint density at radius 3 is 2.72 bits per heavy atom. The number of fused-ring (bicyclic) bond motifs is 1. The lowest BCUT2D eigenvalue weighted by atomic mass is 10.4. The lowest BCUT2D eigenvalue weighted by Crippen LogP contribution is -2.06. The van der Waals surface area contributed by atoms with Crippen molar-refractivity contribution in [2.45, 2.75) is 20.4 Å². The van der Waals surface area contributed by atoms with E-state index in [0.717, 1.165) is 22.7 Å². The van der Waals surface area contributed by atoms with E-state index < -0.39 is 0 Å². The summed E-state index contributed by atoms with van der Waals surface area (Å²) >= 11 is 0. The first-order chi connectivity index (χ1) is 8.72. The molecular weight excluding hydrogens is 230 g/mol. The summed E-state index contributed by atoms with van der Waals surface area (Å²) in [6, 6.07) is 0.486. The average molecular weight is 243 g/mol. The minimum absolute atomic E-state index is 0.486. The molecule has 0 bridgehead atoms. The Morgan fingerprint density at radius 2 is 2.00 bits per heavy atom. The van der Waals surface area contributed by atoms with E-state index in [1.807, 2.05) is 30.6 Å².